The van der Waals surface area contributed by atoms with Crippen LogP contribution in [-0.2, 0) is 14.3 Å². The van der Waals surface area contributed by atoms with E-state index in [-0.39, 0.29) is 17.7 Å². The Morgan fingerprint density at radius 1 is 1.50 bits per heavy atom. The summed E-state index contributed by atoms with van der Waals surface area (Å²) in [6.45, 7) is 1.20. The van der Waals surface area contributed by atoms with E-state index in [1.807, 2.05) is 21.6 Å². The van der Waals surface area contributed by atoms with Gasteiger partial charge in [-0.15, -0.1) is 0 Å². The Bertz CT molecular complexity index is 625. The predicted octanol–water partition coefficient (Wildman–Crippen LogP) is 2.63. The van der Waals surface area contributed by atoms with Crippen molar-refractivity contribution in [1.82, 2.24) is 5.32 Å². The van der Waals surface area contributed by atoms with E-state index >= 15 is 0 Å². The zero-order valence-corrected chi connectivity index (χ0v) is 19.1. The largest absolute Gasteiger partial charge is 0.459 e. The number of ether oxygens (including phenoxy) is 2. The van der Waals surface area contributed by atoms with Gasteiger partial charge in [0.1, 0.15) is 12.9 Å². The van der Waals surface area contributed by atoms with Gasteiger partial charge in [-0.2, -0.15) is 0 Å². The summed E-state index contributed by atoms with van der Waals surface area (Å²) in [5, 5.41) is 24.1. The second kappa shape index (κ2) is 12.0. The van der Waals surface area contributed by atoms with Crippen LogP contribution in [0.15, 0.2) is 0 Å². The molecule has 6 nitrogen and oxygen atoms in total. The van der Waals surface area contributed by atoms with Crippen molar-refractivity contribution in [2.45, 2.75) is 75.2 Å². The van der Waals surface area contributed by atoms with Crippen molar-refractivity contribution in [2.75, 3.05) is 12.4 Å². The van der Waals surface area contributed by atoms with E-state index < -0.39 is 42.1 Å². The summed E-state index contributed by atoms with van der Waals surface area (Å²) in [7, 11) is 3.81. The monoisotopic (exact) mass is 471 g/mol. The van der Waals surface area contributed by atoms with E-state index in [9.17, 15) is 15.0 Å². The van der Waals surface area contributed by atoms with Crippen LogP contribution in [-0.4, -0.2) is 69.1 Å². The molecule has 2 fully saturated rings. The number of rotatable bonds is 10. The Morgan fingerprint density at radius 3 is 2.89 bits per heavy atom. The molecule has 0 aromatic rings. The van der Waals surface area contributed by atoms with Crippen LogP contribution < -0.4 is 5.32 Å². The van der Waals surface area contributed by atoms with Gasteiger partial charge in [-0.25, -0.2) is 0 Å². The quantitative estimate of drug-likeness (QED) is 0.253. The number of unbranched alkanes of at least 4 members (excludes halogenated alkanes) is 1. The van der Waals surface area contributed by atoms with Gasteiger partial charge in [0, 0.05) is 22.8 Å². The lowest BCUT2D eigenvalue weighted by Gasteiger charge is -2.50. The van der Waals surface area contributed by atoms with Crippen molar-refractivity contribution in [1.29, 1.82) is 0 Å². The minimum atomic E-state index is -1.22. The number of aliphatic hydroxyl groups excluding tert-OH is 2. The molecule has 6 unspecified atom stereocenters. The molecule has 0 aromatic heterocycles. The summed E-state index contributed by atoms with van der Waals surface area (Å²) in [4.78, 5) is 12.5. The second-order valence-electron chi connectivity index (χ2n) is 7.32. The molecule has 1 amide bonds. The van der Waals surface area contributed by atoms with Gasteiger partial charge >= 0.3 is 0 Å². The summed E-state index contributed by atoms with van der Waals surface area (Å²) >= 11 is 9.56. The van der Waals surface area contributed by atoms with Crippen LogP contribution in [0.1, 0.15) is 48.2 Å². The van der Waals surface area contributed by atoms with Crippen LogP contribution in [0.2, 0.25) is 0 Å². The first-order valence-corrected chi connectivity index (χ1v) is 12.6. The Hall–Kier alpha value is 0.0300. The van der Waals surface area contributed by atoms with Crippen LogP contribution in [0.25, 0.3) is 0 Å². The number of carbonyl (C=O) groups excluding carboxylic acids is 1. The van der Waals surface area contributed by atoms with Gasteiger partial charge in [-0.3, -0.25) is 4.79 Å². The van der Waals surface area contributed by atoms with Crippen molar-refractivity contribution >= 4 is 62.8 Å². The van der Waals surface area contributed by atoms with Crippen molar-refractivity contribution in [3.63, 3.8) is 0 Å². The number of nitrogens with one attached hydrogen (secondary N) is 1. The fraction of sp³-hybridized carbons (Fsp3) is 0.833. The molecule has 2 heterocycles. The Balaban J connectivity index is 2.01. The molecule has 0 spiro atoms. The highest BCUT2D eigenvalue weighted by Crippen LogP contribution is 2.40. The third-order valence-electron chi connectivity index (χ3n) is 5.36. The fourth-order valence-corrected chi connectivity index (χ4v) is 6.99. The molecule has 28 heavy (non-hydrogen) atoms. The van der Waals surface area contributed by atoms with Gasteiger partial charge in [-0.05, 0) is 43.2 Å². The zero-order chi connectivity index (χ0) is 22.3. The maximum Gasteiger partial charge on any atom is 0.223 e. The minimum absolute atomic E-state index is 0.00376. The number of aliphatic hydroxyl groups is 2. The van der Waals surface area contributed by atoms with Gasteiger partial charge < -0.3 is 25.0 Å². The first-order chi connectivity index (χ1) is 14.2. The van der Waals surface area contributed by atoms with Crippen molar-refractivity contribution < 1.29 is 27.2 Å². The minimum Gasteiger partial charge on any atom is -0.459 e. The zero-order valence-electron chi connectivity index (χ0n) is 17.8. The summed E-state index contributed by atoms with van der Waals surface area (Å²) in [5.74, 6) is 0.920. The highest BCUT2D eigenvalue weighted by Gasteiger charge is 2.53. The van der Waals surface area contributed by atoms with Crippen LogP contribution in [0, 0.1) is 5.41 Å². The molecule has 6 atom stereocenters. The molecule has 0 radical (unpaired) electrons. The molecule has 3 N–H and O–H groups in total. The average Bonchev–Trinajstić information content (AvgIpc) is 3.17. The molecule has 0 aliphatic carbocycles. The SMILES string of the molecule is [3H]C(=S)CC1(C)C(CO)OC(OC([3H])=S)C(NC(=O)CCCCC2CCSS2)C1O. The van der Waals surface area contributed by atoms with Crippen molar-refractivity contribution in [3.05, 3.63) is 0 Å². The summed E-state index contributed by atoms with van der Waals surface area (Å²) in [6.07, 6.45) is 0.921. The molecule has 2 rings (SSSR count). The highest BCUT2D eigenvalue weighted by atomic mass is 33.1. The molecule has 160 valence electrons. The number of hydrogen-bond acceptors (Lipinski definition) is 9. The summed E-state index contributed by atoms with van der Waals surface area (Å²) in [6, 6.07) is -1.01. The molecule has 2 aliphatic heterocycles. The van der Waals surface area contributed by atoms with Crippen molar-refractivity contribution in [2.24, 2.45) is 5.41 Å². The number of amides is 1. The lowest BCUT2D eigenvalue weighted by Crippen LogP contribution is -2.66. The van der Waals surface area contributed by atoms with Crippen LogP contribution in [0.3, 0.4) is 0 Å². The van der Waals surface area contributed by atoms with Gasteiger partial charge in [-0.1, -0.05) is 47.2 Å². The highest BCUT2D eigenvalue weighted by molar-refractivity contribution is 8.77. The van der Waals surface area contributed by atoms with Crippen LogP contribution in [0.4, 0.5) is 0 Å². The lowest BCUT2D eigenvalue weighted by atomic mass is 9.71. The first kappa shape index (κ1) is 21.3. The third-order valence-corrected chi connectivity index (χ3v) is 8.61. The second-order valence-corrected chi connectivity index (χ2v) is 10.6. The standard InChI is InChI=1S/C18H29NO5S4/c1-18(7-8-25)13(10-20)24-17(23-11-26)15(16(18)22)19-14(21)5-3-2-4-12-6-9-27-28-12/h8,11-13,15-17,20,22H,2-7,9-10H2,1H3,(H,19,21)/i8T,11T. The first-order valence-electron chi connectivity index (χ1n) is 10.4. The molecule has 2 aliphatic rings. The summed E-state index contributed by atoms with van der Waals surface area (Å²) < 4.78 is 26.0. The normalized spacial score (nSPS) is 36.3. The molecule has 0 saturated carbocycles. The smallest absolute Gasteiger partial charge is 0.223 e. The maximum absolute atomic E-state index is 12.5. The topological polar surface area (TPSA) is 88.0 Å². The molecule has 2 saturated heterocycles. The Morgan fingerprint density at radius 2 is 2.29 bits per heavy atom. The molecule has 0 aromatic carbocycles. The average molecular weight is 472 g/mol. The number of thiocarbonyl (C=S) groups is 2. The molecular formula is C18H29NO5S4. The number of hydrogen-bond donors (Lipinski definition) is 3. The Kier molecular flexibility index (Phi) is 9.13. The van der Waals surface area contributed by atoms with E-state index in [0.29, 0.717) is 11.7 Å². The fourth-order valence-electron chi connectivity index (χ4n) is 3.55. The summed E-state index contributed by atoms with van der Waals surface area (Å²) in [5.41, 5.74) is -1.65. The van der Waals surface area contributed by atoms with Gasteiger partial charge in [0.05, 0.1) is 20.2 Å². The number of carbonyl (C=O) groups is 1. The van der Waals surface area contributed by atoms with E-state index in [4.69, 9.17) is 24.4 Å². The van der Waals surface area contributed by atoms with Crippen LogP contribution in [0.5, 0.6) is 0 Å². The van der Waals surface area contributed by atoms with Crippen molar-refractivity contribution in [3.8, 4) is 0 Å². The third kappa shape index (κ3) is 6.26. The Labute approximate surface area is 188 Å². The van der Waals surface area contributed by atoms with Gasteiger partial charge in [0.2, 0.25) is 12.2 Å². The van der Waals surface area contributed by atoms with E-state index in [1.54, 1.807) is 6.92 Å². The van der Waals surface area contributed by atoms with Gasteiger partial charge in [0.25, 0.3) is 0 Å². The molecular weight excluding hydrogens is 438 g/mol. The van der Waals surface area contributed by atoms with Gasteiger partial charge in [0.15, 0.2) is 0 Å². The van der Waals surface area contributed by atoms with E-state index in [1.165, 1.54) is 12.2 Å². The van der Waals surface area contributed by atoms with E-state index in [0.717, 1.165) is 19.3 Å². The van der Waals surface area contributed by atoms with Crippen LogP contribution >= 0.6 is 46.0 Å². The molecule has 10 heteroatoms. The van der Waals surface area contributed by atoms with E-state index in [2.05, 4.69) is 17.5 Å². The lowest BCUT2D eigenvalue weighted by molar-refractivity contribution is -0.256. The predicted molar refractivity (Wildman–Crippen MR) is 122 cm³/mol. The maximum atomic E-state index is 12.5. The molecule has 0 bridgehead atoms.